The largest absolute Gasteiger partial charge is 0.352 e. The summed E-state index contributed by atoms with van der Waals surface area (Å²) in [5.74, 6) is 0.0472. The van der Waals surface area contributed by atoms with E-state index in [1.807, 2.05) is 26.0 Å². The number of aromatic nitrogens is 2. The predicted octanol–water partition coefficient (Wildman–Crippen LogP) is 5.70. The maximum atomic E-state index is 13.8. The lowest BCUT2D eigenvalue weighted by Gasteiger charge is -2.25. The Morgan fingerprint density at radius 1 is 1.19 bits per heavy atom. The number of anilines is 1. The molecule has 3 aromatic rings. The molecule has 6 nitrogen and oxygen atoms in total. The van der Waals surface area contributed by atoms with E-state index >= 15 is 0 Å². The molecule has 0 saturated carbocycles. The van der Waals surface area contributed by atoms with Crippen LogP contribution < -0.4 is 10.2 Å². The summed E-state index contributed by atoms with van der Waals surface area (Å²) in [5.41, 5.74) is 4.26. The smallest absolute Gasteiger partial charge is 0.240 e. The molecular weight excluding hydrogens is 487 g/mol. The summed E-state index contributed by atoms with van der Waals surface area (Å²) in [4.78, 5) is 28.3. The third-order valence-corrected chi connectivity index (χ3v) is 7.90. The molecule has 1 aliphatic rings. The SMILES string of the molecule is CC[C@@H](C)NC(=O)CN1C(=O)CS[C@H](c2ccccc2C)c2c(C(C)(C)C)nn(-c3ccc(F)cc3)c21. The molecule has 0 radical (unpaired) electrons. The van der Waals surface area contributed by atoms with Gasteiger partial charge in [-0.1, -0.05) is 52.0 Å². The number of thioether (sulfide) groups is 1. The Balaban J connectivity index is 1.99. The van der Waals surface area contributed by atoms with Gasteiger partial charge in [0.15, 0.2) is 0 Å². The van der Waals surface area contributed by atoms with Crippen LogP contribution in [0.15, 0.2) is 48.5 Å². The number of carbonyl (C=O) groups is 2. The third kappa shape index (κ3) is 5.59. The molecule has 1 aromatic heterocycles. The van der Waals surface area contributed by atoms with Crippen molar-refractivity contribution in [3.05, 3.63) is 76.7 Å². The van der Waals surface area contributed by atoms with E-state index in [2.05, 4.69) is 45.1 Å². The predicted molar refractivity (Wildman–Crippen MR) is 148 cm³/mol. The number of amides is 2. The first-order valence-corrected chi connectivity index (χ1v) is 13.7. The molecule has 2 heterocycles. The summed E-state index contributed by atoms with van der Waals surface area (Å²) >= 11 is 1.56. The van der Waals surface area contributed by atoms with Gasteiger partial charge in [-0.25, -0.2) is 9.07 Å². The molecule has 0 spiro atoms. The maximum Gasteiger partial charge on any atom is 0.240 e. The van der Waals surface area contributed by atoms with Crippen LogP contribution in [-0.4, -0.2) is 39.9 Å². The van der Waals surface area contributed by atoms with Crippen LogP contribution >= 0.6 is 11.8 Å². The highest BCUT2D eigenvalue weighted by molar-refractivity contribution is 8.00. The van der Waals surface area contributed by atoms with Gasteiger partial charge in [0.05, 0.1) is 22.4 Å². The van der Waals surface area contributed by atoms with Crippen molar-refractivity contribution < 1.29 is 14.0 Å². The zero-order valence-electron chi connectivity index (χ0n) is 22.3. The average molecular weight is 523 g/mol. The second kappa shape index (κ2) is 10.7. The van der Waals surface area contributed by atoms with Crippen molar-refractivity contribution in [2.45, 2.75) is 64.7 Å². The van der Waals surface area contributed by atoms with E-state index in [4.69, 9.17) is 5.10 Å². The molecule has 4 rings (SSSR count). The Bertz CT molecular complexity index is 1300. The van der Waals surface area contributed by atoms with Gasteiger partial charge in [0, 0.05) is 17.0 Å². The summed E-state index contributed by atoms with van der Waals surface area (Å²) in [6.45, 7) is 12.2. The van der Waals surface area contributed by atoms with E-state index in [1.54, 1.807) is 33.5 Å². The molecule has 196 valence electrons. The number of aryl methyl sites for hydroxylation is 1. The third-order valence-electron chi connectivity index (χ3n) is 6.66. The minimum atomic E-state index is -0.354. The Hall–Kier alpha value is -3.13. The minimum Gasteiger partial charge on any atom is -0.352 e. The van der Waals surface area contributed by atoms with Crippen LogP contribution in [0.2, 0.25) is 0 Å². The van der Waals surface area contributed by atoms with Gasteiger partial charge in [0.1, 0.15) is 18.2 Å². The van der Waals surface area contributed by atoms with Crippen molar-refractivity contribution in [3.63, 3.8) is 0 Å². The monoisotopic (exact) mass is 522 g/mol. The Morgan fingerprint density at radius 2 is 1.86 bits per heavy atom. The fraction of sp³-hybridized carbons (Fsp3) is 0.414. The highest BCUT2D eigenvalue weighted by atomic mass is 32.2. The number of nitrogens with zero attached hydrogens (tertiary/aromatic N) is 3. The van der Waals surface area contributed by atoms with Gasteiger partial charge in [-0.15, -0.1) is 11.8 Å². The van der Waals surface area contributed by atoms with Gasteiger partial charge in [-0.2, -0.15) is 5.10 Å². The minimum absolute atomic E-state index is 0.00436. The molecule has 0 aliphatic carbocycles. The molecule has 2 atom stereocenters. The molecule has 0 saturated heterocycles. The number of nitrogens with one attached hydrogen (secondary N) is 1. The van der Waals surface area contributed by atoms with E-state index in [1.165, 1.54) is 12.1 Å². The number of carbonyl (C=O) groups excluding carboxylic acids is 2. The van der Waals surface area contributed by atoms with Crippen LogP contribution in [0.5, 0.6) is 0 Å². The van der Waals surface area contributed by atoms with E-state index in [0.29, 0.717) is 11.5 Å². The first kappa shape index (κ1) is 26.9. The molecule has 1 aliphatic heterocycles. The van der Waals surface area contributed by atoms with Crippen molar-refractivity contribution in [1.29, 1.82) is 0 Å². The molecule has 1 N–H and O–H groups in total. The van der Waals surface area contributed by atoms with Crippen LogP contribution in [0, 0.1) is 12.7 Å². The second-order valence-electron chi connectivity index (χ2n) is 10.6. The van der Waals surface area contributed by atoms with Crippen LogP contribution in [0.4, 0.5) is 10.2 Å². The lowest BCUT2D eigenvalue weighted by atomic mass is 9.86. The number of fused-ring (bicyclic) bond motifs is 1. The van der Waals surface area contributed by atoms with Gasteiger partial charge < -0.3 is 5.32 Å². The van der Waals surface area contributed by atoms with Gasteiger partial charge in [0.25, 0.3) is 0 Å². The van der Waals surface area contributed by atoms with Gasteiger partial charge in [0.2, 0.25) is 11.8 Å². The standard InChI is InChI=1S/C29H35FN4O2S/c1-7-19(3)31-23(35)16-33-24(36)17-37-26(22-11-9-8-10-18(22)2)25-27(29(4,5)6)32-34(28(25)33)21-14-12-20(30)13-15-21/h8-15,19,26H,7,16-17H2,1-6H3,(H,31,35)/t19-,26-/m1/s1. The topological polar surface area (TPSA) is 67.2 Å². The van der Waals surface area contributed by atoms with Crippen molar-refractivity contribution in [2.75, 3.05) is 17.2 Å². The van der Waals surface area contributed by atoms with Gasteiger partial charge >= 0.3 is 0 Å². The van der Waals surface area contributed by atoms with Crippen molar-refractivity contribution in [2.24, 2.45) is 0 Å². The van der Waals surface area contributed by atoms with E-state index < -0.39 is 0 Å². The molecule has 0 bridgehead atoms. The molecule has 0 fully saturated rings. The number of rotatable bonds is 6. The van der Waals surface area contributed by atoms with E-state index in [0.717, 1.165) is 28.8 Å². The molecular formula is C29H35FN4O2S. The van der Waals surface area contributed by atoms with Crippen molar-refractivity contribution in [1.82, 2.24) is 15.1 Å². The average Bonchev–Trinajstić information content (AvgIpc) is 3.18. The molecule has 37 heavy (non-hydrogen) atoms. The van der Waals surface area contributed by atoms with Crippen LogP contribution in [0.1, 0.15) is 68.7 Å². The maximum absolute atomic E-state index is 13.8. The van der Waals surface area contributed by atoms with Gasteiger partial charge in [-0.05, 0) is 55.7 Å². The summed E-state index contributed by atoms with van der Waals surface area (Å²) in [6, 6.07) is 14.2. The lowest BCUT2D eigenvalue weighted by Crippen LogP contribution is -2.44. The summed E-state index contributed by atoms with van der Waals surface area (Å²) in [7, 11) is 0. The van der Waals surface area contributed by atoms with Crippen molar-refractivity contribution >= 4 is 29.4 Å². The summed E-state index contributed by atoms with van der Waals surface area (Å²) < 4.78 is 15.6. The van der Waals surface area contributed by atoms with E-state index in [-0.39, 0.29) is 46.6 Å². The zero-order valence-corrected chi connectivity index (χ0v) is 23.2. The molecule has 2 amide bonds. The van der Waals surface area contributed by atoms with Crippen LogP contribution in [0.25, 0.3) is 5.69 Å². The lowest BCUT2D eigenvalue weighted by molar-refractivity contribution is -0.123. The quantitative estimate of drug-likeness (QED) is 0.451. The number of hydrogen-bond acceptors (Lipinski definition) is 4. The second-order valence-corrected chi connectivity index (χ2v) is 11.7. The fourth-order valence-electron chi connectivity index (χ4n) is 4.53. The Labute approximate surface area is 222 Å². The Kier molecular flexibility index (Phi) is 7.78. The normalized spacial score (nSPS) is 16.8. The first-order valence-electron chi connectivity index (χ1n) is 12.7. The highest BCUT2D eigenvalue weighted by Crippen LogP contribution is 2.49. The first-order chi connectivity index (χ1) is 17.5. The molecule has 2 aromatic carbocycles. The molecule has 0 unspecified atom stereocenters. The molecule has 8 heteroatoms. The summed E-state index contributed by atoms with van der Waals surface area (Å²) in [6.07, 6.45) is 0.790. The van der Waals surface area contributed by atoms with Crippen molar-refractivity contribution in [3.8, 4) is 5.69 Å². The van der Waals surface area contributed by atoms with Crippen LogP contribution in [-0.2, 0) is 15.0 Å². The number of halogens is 1. The van der Waals surface area contributed by atoms with Gasteiger partial charge in [-0.3, -0.25) is 14.5 Å². The number of benzene rings is 2. The van der Waals surface area contributed by atoms with E-state index in [9.17, 15) is 14.0 Å². The highest BCUT2D eigenvalue weighted by Gasteiger charge is 2.40. The zero-order chi connectivity index (χ0) is 26.9. The fourth-order valence-corrected chi connectivity index (χ4v) is 5.82. The van der Waals surface area contributed by atoms with Crippen LogP contribution in [0.3, 0.4) is 0 Å². The summed E-state index contributed by atoms with van der Waals surface area (Å²) in [5, 5.41) is 7.86. The number of hydrogen-bond donors (Lipinski definition) is 1. The Morgan fingerprint density at radius 3 is 2.49 bits per heavy atom.